The summed E-state index contributed by atoms with van der Waals surface area (Å²) in [6.07, 6.45) is 1.92. The highest BCUT2D eigenvalue weighted by Gasteiger charge is 2.15. The molecule has 0 fully saturated rings. The molecule has 1 aromatic carbocycles. The molecule has 0 amide bonds. The van der Waals surface area contributed by atoms with Crippen molar-refractivity contribution in [1.82, 2.24) is 0 Å². The second-order valence-electron chi connectivity index (χ2n) is 4.14. The highest BCUT2D eigenvalue weighted by molar-refractivity contribution is 5.33. The van der Waals surface area contributed by atoms with Gasteiger partial charge in [0.15, 0.2) is 0 Å². The zero-order chi connectivity index (χ0) is 11.4. The van der Waals surface area contributed by atoms with E-state index < -0.39 is 6.10 Å². The number of aryl methyl sites for hydroxylation is 2. The normalized spacial score (nSPS) is 12.9. The highest BCUT2D eigenvalue weighted by Crippen LogP contribution is 2.26. The second-order valence-corrected chi connectivity index (χ2v) is 4.14. The van der Waals surface area contributed by atoms with Crippen LogP contribution in [-0.4, -0.2) is 5.11 Å². The summed E-state index contributed by atoms with van der Waals surface area (Å²) in [4.78, 5) is 0. The Hall–Kier alpha value is -0.890. The molecule has 1 unspecified atom stereocenters. The Kier molecular flexibility index (Phi) is 4.28. The van der Waals surface area contributed by atoms with Crippen LogP contribution < -0.4 is 0 Å². The van der Waals surface area contributed by atoms with Crippen molar-refractivity contribution >= 4 is 0 Å². The Labute approximate surface area is 90.9 Å². The SMILES string of the molecule is CCCCC(O)c1c(C)cc(C)cc1F. The minimum Gasteiger partial charge on any atom is -0.388 e. The fraction of sp³-hybridized carbons (Fsp3) is 0.538. The lowest BCUT2D eigenvalue weighted by Gasteiger charge is -2.15. The van der Waals surface area contributed by atoms with E-state index in [1.165, 1.54) is 6.07 Å². The maximum atomic E-state index is 13.6. The molecule has 1 N–H and O–H groups in total. The van der Waals surface area contributed by atoms with Crippen LogP contribution in [0.1, 0.15) is 49.0 Å². The lowest BCUT2D eigenvalue weighted by Crippen LogP contribution is -2.04. The first-order valence-electron chi connectivity index (χ1n) is 5.51. The van der Waals surface area contributed by atoms with Crippen LogP contribution in [-0.2, 0) is 0 Å². The van der Waals surface area contributed by atoms with E-state index in [-0.39, 0.29) is 5.82 Å². The fourth-order valence-electron chi connectivity index (χ4n) is 1.89. The predicted octanol–water partition coefficient (Wildman–Crippen LogP) is 3.67. The van der Waals surface area contributed by atoms with Crippen molar-refractivity contribution in [1.29, 1.82) is 0 Å². The summed E-state index contributed by atoms with van der Waals surface area (Å²) < 4.78 is 13.6. The van der Waals surface area contributed by atoms with Crippen LogP contribution in [0, 0.1) is 19.7 Å². The molecule has 0 heterocycles. The van der Waals surface area contributed by atoms with E-state index >= 15 is 0 Å². The van der Waals surface area contributed by atoms with Gasteiger partial charge in [0, 0.05) is 5.56 Å². The molecule has 0 aliphatic heterocycles. The van der Waals surface area contributed by atoms with Gasteiger partial charge in [-0.25, -0.2) is 4.39 Å². The maximum Gasteiger partial charge on any atom is 0.129 e. The molecule has 0 bridgehead atoms. The van der Waals surface area contributed by atoms with Gasteiger partial charge in [-0.3, -0.25) is 0 Å². The Morgan fingerprint density at radius 1 is 1.33 bits per heavy atom. The van der Waals surface area contributed by atoms with Gasteiger partial charge in [0.05, 0.1) is 6.10 Å². The van der Waals surface area contributed by atoms with Crippen LogP contribution in [0.2, 0.25) is 0 Å². The highest BCUT2D eigenvalue weighted by atomic mass is 19.1. The van der Waals surface area contributed by atoms with E-state index in [2.05, 4.69) is 6.92 Å². The summed E-state index contributed by atoms with van der Waals surface area (Å²) in [5, 5.41) is 9.86. The van der Waals surface area contributed by atoms with Crippen LogP contribution in [0.4, 0.5) is 4.39 Å². The standard InChI is InChI=1S/C13H19FO/c1-4-5-6-12(15)13-10(3)7-9(2)8-11(13)14/h7-8,12,15H,4-6H2,1-3H3. The smallest absolute Gasteiger partial charge is 0.129 e. The molecule has 0 saturated carbocycles. The molecule has 1 atom stereocenters. The number of halogens is 1. The zero-order valence-corrected chi connectivity index (χ0v) is 9.68. The van der Waals surface area contributed by atoms with E-state index in [0.29, 0.717) is 12.0 Å². The van der Waals surface area contributed by atoms with Crippen LogP contribution >= 0.6 is 0 Å². The molecule has 84 valence electrons. The van der Waals surface area contributed by atoms with Gasteiger partial charge in [0.2, 0.25) is 0 Å². The average Bonchev–Trinajstić information content (AvgIpc) is 2.12. The molecular formula is C13H19FO. The Morgan fingerprint density at radius 2 is 2.00 bits per heavy atom. The van der Waals surface area contributed by atoms with Gasteiger partial charge in [-0.2, -0.15) is 0 Å². The number of benzene rings is 1. The second kappa shape index (κ2) is 5.26. The third kappa shape index (κ3) is 3.03. The van der Waals surface area contributed by atoms with Crippen molar-refractivity contribution in [3.8, 4) is 0 Å². The van der Waals surface area contributed by atoms with Crippen LogP contribution in [0.15, 0.2) is 12.1 Å². The Morgan fingerprint density at radius 3 is 2.53 bits per heavy atom. The maximum absolute atomic E-state index is 13.6. The van der Waals surface area contributed by atoms with Gasteiger partial charge in [-0.15, -0.1) is 0 Å². The first-order valence-corrected chi connectivity index (χ1v) is 5.51. The Bertz CT molecular complexity index is 310. The lowest BCUT2D eigenvalue weighted by atomic mass is 9.97. The summed E-state index contributed by atoms with van der Waals surface area (Å²) in [5.41, 5.74) is 2.21. The number of hydrogen-bond acceptors (Lipinski definition) is 1. The molecule has 1 nitrogen and oxygen atoms in total. The monoisotopic (exact) mass is 210 g/mol. The van der Waals surface area contributed by atoms with Gasteiger partial charge in [0.25, 0.3) is 0 Å². The molecule has 1 rings (SSSR count). The van der Waals surface area contributed by atoms with Gasteiger partial charge >= 0.3 is 0 Å². The minimum atomic E-state index is -0.662. The largest absolute Gasteiger partial charge is 0.388 e. The molecule has 0 aromatic heterocycles. The predicted molar refractivity (Wildman–Crippen MR) is 60.4 cm³/mol. The molecule has 2 heteroatoms. The number of aliphatic hydroxyl groups is 1. The molecule has 15 heavy (non-hydrogen) atoms. The number of rotatable bonds is 4. The van der Waals surface area contributed by atoms with E-state index in [9.17, 15) is 9.50 Å². The lowest BCUT2D eigenvalue weighted by molar-refractivity contribution is 0.159. The third-order valence-electron chi connectivity index (χ3n) is 2.65. The molecular weight excluding hydrogens is 191 g/mol. The number of unbranched alkanes of at least 4 members (excludes halogenated alkanes) is 1. The summed E-state index contributed by atoms with van der Waals surface area (Å²) in [6.45, 7) is 5.77. The number of aliphatic hydroxyl groups excluding tert-OH is 1. The molecule has 1 aromatic rings. The molecule has 0 spiro atoms. The van der Waals surface area contributed by atoms with Crippen molar-refractivity contribution in [3.63, 3.8) is 0 Å². The summed E-state index contributed by atoms with van der Waals surface area (Å²) in [5.74, 6) is -0.281. The van der Waals surface area contributed by atoms with Gasteiger partial charge in [-0.05, 0) is 37.5 Å². The van der Waals surface area contributed by atoms with Gasteiger partial charge in [0.1, 0.15) is 5.82 Å². The molecule has 0 aliphatic rings. The van der Waals surface area contributed by atoms with E-state index in [1.807, 2.05) is 19.9 Å². The van der Waals surface area contributed by atoms with Gasteiger partial charge < -0.3 is 5.11 Å². The zero-order valence-electron chi connectivity index (χ0n) is 9.68. The van der Waals surface area contributed by atoms with Crippen molar-refractivity contribution < 1.29 is 9.50 Å². The number of hydrogen-bond donors (Lipinski definition) is 1. The Balaban J connectivity index is 2.92. The minimum absolute atomic E-state index is 0.281. The van der Waals surface area contributed by atoms with Crippen LogP contribution in [0.3, 0.4) is 0 Å². The van der Waals surface area contributed by atoms with Crippen LogP contribution in [0.5, 0.6) is 0 Å². The van der Waals surface area contributed by atoms with Crippen molar-refractivity contribution in [2.24, 2.45) is 0 Å². The first kappa shape index (κ1) is 12.2. The third-order valence-corrected chi connectivity index (χ3v) is 2.65. The van der Waals surface area contributed by atoms with Crippen molar-refractivity contribution in [2.45, 2.75) is 46.1 Å². The molecule has 0 aliphatic carbocycles. The van der Waals surface area contributed by atoms with E-state index in [1.54, 1.807) is 0 Å². The topological polar surface area (TPSA) is 20.2 Å². The van der Waals surface area contributed by atoms with Crippen molar-refractivity contribution in [2.75, 3.05) is 0 Å². The summed E-state index contributed by atoms with van der Waals surface area (Å²) in [7, 11) is 0. The molecule has 0 saturated heterocycles. The van der Waals surface area contributed by atoms with Crippen molar-refractivity contribution in [3.05, 3.63) is 34.6 Å². The summed E-state index contributed by atoms with van der Waals surface area (Å²) >= 11 is 0. The first-order chi connectivity index (χ1) is 7.06. The van der Waals surface area contributed by atoms with E-state index in [4.69, 9.17) is 0 Å². The fourth-order valence-corrected chi connectivity index (χ4v) is 1.89. The summed E-state index contributed by atoms with van der Waals surface area (Å²) in [6, 6.07) is 3.39. The van der Waals surface area contributed by atoms with Crippen LogP contribution in [0.25, 0.3) is 0 Å². The quantitative estimate of drug-likeness (QED) is 0.804. The average molecular weight is 210 g/mol. The van der Waals surface area contributed by atoms with E-state index in [0.717, 1.165) is 24.0 Å². The van der Waals surface area contributed by atoms with Gasteiger partial charge in [-0.1, -0.05) is 25.8 Å². The molecule has 0 radical (unpaired) electrons.